The molecule has 2 heteroatoms. The first kappa shape index (κ1) is 19.3. The topological polar surface area (TPSA) is 29.1 Å². The van der Waals surface area contributed by atoms with E-state index in [0.717, 1.165) is 5.57 Å². The molecule has 0 aromatic rings. The summed E-state index contributed by atoms with van der Waals surface area (Å²) in [6, 6.07) is 0. The average molecular weight is 211 g/mol. The van der Waals surface area contributed by atoms with Crippen LogP contribution in [0.4, 0.5) is 0 Å². The smallest absolute Gasteiger partial charge is 0.221 e. The van der Waals surface area contributed by atoms with Crippen LogP contribution in [0.2, 0.25) is 0 Å². The number of hydrogen-bond donors (Lipinski definition) is 1. The van der Waals surface area contributed by atoms with Crippen molar-refractivity contribution in [2.75, 3.05) is 0 Å². The molecule has 15 heavy (non-hydrogen) atoms. The molecule has 0 fully saturated rings. The van der Waals surface area contributed by atoms with Crippen LogP contribution >= 0.6 is 0 Å². The van der Waals surface area contributed by atoms with E-state index in [9.17, 15) is 4.79 Å². The number of carbonyl (C=O) groups is 1. The SMILES string of the molecule is C=C/C(=C\C(=C)C)NC(C)=O.CC.CC. The third-order valence-corrected chi connectivity index (χ3v) is 0.942. The van der Waals surface area contributed by atoms with E-state index in [1.54, 1.807) is 12.2 Å². The Morgan fingerprint density at radius 2 is 1.53 bits per heavy atom. The Labute approximate surface area is 94.8 Å². The lowest BCUT2D eigenvalue weighted by Gasteiger charge is -2.01. The van der Waals surface area contributed by atoms with E-state index in [4.69, 9.17) is 0 Å². The molecule has 1 N–H and O–H groups in total. The van der Waals surface area contributed by atoms with Crippen molar-refractivity contribution in [3.63, 3.8) is 0 Å². The maximum absolute atomic E-state index is 10.6. The van der Waals surface area contributed by atoms with Gasteiger partial charge in [-0.25, -0.2) is 0 Å². The van der Waals surface area contributed by atoms with Gasteiger partial charge in [0.15, 0.2) is 0 Å². The van der Waals surface area contributed by atoms with Gasteiger partial charge in [0.1, 0.15) is 0 Å². The van der Waals surface area contributed by atoms with Crippen LogP contribution in [0.1, 0.15) is 41.5 Å². The molecule has 0 heterocycles. The standard InChI is InChI=1S/C9H13NO.2C2H6/c1-5-9(6-7(2)3)10-8(4)11;2*1-2/h5-6H,1-2H2,3-4H3,(H,10,11);2*1-2H3/b9-6+;;. The summed E-state index contributed by atoms with van der Waals surface area (Å²) in [7, 11) is 0. The molecule has 0 aromatic carbocycles. The molecule has 0 rings (SSSR count). The first-order valence-electron chi connectivity index (χ1n) is 5.33. The summed E-state index contributed by atoms with van der Waals surface area (Å²) in [5.74, 6) is -0.0996. The Bertz CT molecular complexity index is 215. The summed E-state index contributed by atoms with van der Waals surface area (Å²) in [6.45, 7) is 18.5. The number of allylic oxidation sites excluding steroid dienone is 3. The van der Waals surface area contributed by atoms with E-state index < -0.39 is 0 Å². The zero-order valence-corrected chi connectivity index (χ0v) is 11.0. The second kappa shape index (κ2) is 15.2. The van der Waals surface area contributed by atoms with Crippen LogP contribution in [0.25, 0.3) is 0 Å². The minimum atomic E-state index is -0.0996. The van der Waals surface area contributed by atoms with Crippen molar-refractivity contribution in [2.24, 2.45) is 0 Å². The molecule has 88 valence electrons. The first-order valence-corrected chi connectivity index (χ1v) is 5.33. The lowest BCUT2D eigenvalue weighted by Crippen LogP contribution is -2.17. The van der Waals surface area contributed by atoms with E-state index in [2.05, 4.69) is 18.5 Å². The number of carbonyl (C=O) groups excluding carboxylic acids is 1. The van der Waals surface area contributed by atoms with E-state index in [1.165, 1.54) is 6.92 Å². The minimum absolute atomic E-state index is 0.0996. The Balaban J connectivity index is -0.000000318. The number of amides is 1. The molecule has 0 saturated carbocycles. The maximum Gasteiger partial charge on any atom is 0.221 e. The van der Waals surface area contributed by atoms with Crippen LogP contribution in [-0.4, -0.2) is 5.91 Å². The fraction of sp³-hybridized carbons (Fsp3) is 0.462. The van der Waals surface area contributed by atoms with E-state index in [1.807, 2.05) is 34.6 Å². The molecular formula is C13H25NO. The van der Waals surface area contributed by atoms with E-state index in [-0.39, 0.29) is 5.91 Å². The molecule has 1 amide bonds. The first-order chi connectivity index (χ1) is 7.06. The van der Waals surface area contributed by atoms with Crippen LogP contribution in [0.5, 0.6) is 0 Å². The Morgan fingerprint density at radius 3 is 1.73 bits per heavy atom. The Hall–Kier alpha value is -1.31. The third kappa shape index (κ3) is 19.2. The molecule has 2 nitrogen and oxygen atoms in total. The van der Waals surface area contributed by atoms with Gasteiger partial charge in [-0.05, 0) is 19.1 Å². The summed E-state index contributed by atoms with van der Waals surface area (Å²) >= 11 is 0. The van der Waals surface area contributed by atoms with Gasteiger partial charge in [-0.1, -0.05) is 46.4 Å². The molecule has 0 unspecified atom stereocenters. The minimum Gasteiger partial charge on any atom is -0.326 e. The van der Waals surface area contributed by atoms with Gasteiger partial charge < -0.3 is 5.32 Å². The molecule has 0 atom stereocenters. The predicted molar refractivity (Wildman–Crippen MR) is 69.6 cm³/mol. The summed E-state index contributed by atoms with van der Waals surface area (Å²) in [4.78, 5) is 10.6. The van der Waals surface area contributed by atoms with E-state index in [0.29, 0.717) is 5.70 Å². The molecule has 0 aliphatic heterocycles. The highest BCUT2D eigenvalue weighted by molar-refractivity contribution is 5.75. The second-order valence-electron chi connectivity index (χ2n) is 2.33. The average Bonchev–Trinajstić information content (AvgIpc) is 2.21. The fourth-order valence-corrected chi connectivity index (χ4v) is 0.615. The van der Waals surface area contributed by atoms with Crippen molar-refractivity contribution in [3.05, 3.63) is 36.6 Å². The number of nitrogens with one attached hydrogen (secondary N) is 1. The molecule has 0 radical (unpaired) electrons. The second-order valence-corrected chi connectivity index (χ2v) is 2.33. The van der Waals surface area contributed by atoms with Gasteiger partial charge >= 0.3 is 0 Å². The molecule has 0 aromatic heterocycles. The Kier molecular flexibility index (Phi) is 19.5. The zero-order chi connectivity index (χ0) is 12.9. The molecule has 0 saturated heterocycles. The number of rotatable bonds is 3. The summed E-state index contributed by atoms with van der Waals surface area (Å²) in [5.41, 5.74) is 1.57. The maximum atomic E-state index is 10.6. The van der Waals surface area contributed by atoms with Crippen molar-refractivity contribution < 1.29 is 4.79 Å². The van der Waals surface area contributed by atoms with Crippen LogP contribution in [0.15, 0.2) is 36.6 Å². The summed E-state index contributed by atoms with van der Waals surface area (Å²) in [6.07, 6.45) is 3.34. The molecule has 0 bridgehead atoms. The fourth-order valence-electron chi connectivity index (χ4n) is 0.615. The van der Waals surface area contributed by atoms with Gasteiger partial charge in [0, 0.05) is 12.6 Å². The van der Waals surface area contributed by atoms with Gasteiger partial charge in [0.2, 0.25) is 5.91 Å². The third-order valence-electron chi connectivity index (χ3n) is 0.942. The van der Waals surface area contributed by atoms with Crippen molar-refractivity contribution in [2.45, 2.75) is 41.5 Å². The highest BCUT2D eigenvalue weighted by Crippen LogP contribution is 1.96. The van der Waals surface area contributed by atoms with Crippen molar-refractivity contribution in [3.8, 4) is 0 Å². The van der Waals surface area contributed by atoms with Crippen LogP contribution in [0.3, 0.4) is 0 Å². The molecule has 0 aliphatic rings. The van der Waals surface area contributed by atoms with Crippen molar-refractivity contribution in [1.29, 1.82) is 0 Å². The summed E-state index contributed by atoms with van der Waals surface area (Å²) in [5, 5.41) is 2.60. The van der Waals surface area contributed by atoms with Gasteiger partial charge in [0.05, 0.1) is 0 Å². The molecule has 0 spiro atoms. The Morgan fingerprint density at radius 1 is 1.13 bits per heavy atom. The lowest BCUT2D eigenvalue weighted by molar-refractivity contribution is -0.118. The monoisotopic (exact) mass is 211 g/mol. The van der Waals surface area contributed by atoms with Crippen LogP contribution in [0, 0.1) is 0 Å². The normalized spacial score (nSPS) is 8.53. The van der Waals surface area contributed by atoms with Gasteiger partial charge in [-0.15, -0.1) is 0 Å². The van der Waals surface area contributed by atoms with Crippen molar-refractivity contribution in [1.82, 2.24) is 5.32 Å². The van der Waals surface area contributed by atoms with E-state index >= 15 is 0 Å². The number of hydrogen-bond acceptors (Lipinski definition) is 1. The quantitative estimate of drug-likeness (QED) is 0.706. The zero-order valence-electron chi connectivity index (χ0n) is 11.0. The molecule has 0 aliphatic carbocycles. The highest BCUT2D eigenvalue weighted by Gasteiger charge is 1.92. The predicted octanol–water partition coefficient (Wildman–Crippen LogP) is 3.82. The van der Waals surface area contributed by atoms with Crippen LogP contribution < -0.4 is 5.32 Å². The van der Waals surface area contributed by atoms with Gasteiger partial charge in [0.25, 0.3) is 0 Å². The largest absolute Gasteiger partial charge is 0.326 e. The van der Waals surface area contributed by atoms with Crippen molar-refractivity contribution >= 4 is 5.91 Å². The molecular weight excluding hydrogens is 186 g/mol. The van der Waals surface area contributed by atoms with Gasteiger partial charge in [-0.2, -0.15) is 0 Å². The van der Waals surface area contributed by atoms with Crippen LogP contribution in [-0.2, 0) is 4.79 Å². The van der Waals surface area contributed by atoms with Gasteiger partial charge in [-0.3, -0.25) is 4.79 Å². The lowest BCUT2D eigenvalue weighted by atomic mass is 10.2. The summed E-state index contributed by atoms with van der Waals surface area (Å²) < 4.78 is 0. The highest BCUT2D eigenvalue weighted by atomic mass is 16.1.